The van der Waals surface area contributed by atoms with Gasteiger partial charge in [-0.15, -0.1) is 0 Å². The number of rotatable bonds is 3. The molecule has 0 unspecified atom stereocenters. The molecule has 1 amide bonds. The minimum atomic E-state index is -0.140. The molecule has 0 saturated carbocycles. The van der Waals surface area contributed by atoms with Gasteiger partial charge in [-0.2, -0.15) is 0 Å². The van der Waals surface area contributed by atoms with Crippen LogP contribution in [0.25, 0.3) is 6.08 Å². The molecular formula is C16H11IN2O2S. The number of carbonyl (C=O) groups excluding carboxylic acids is 1. The van der Waals surface area contributed by atoms with Crippen LogP contribution in [0.4, 0.5) is 5.69 Å². The predicted octanol–water partition coefficient (Wildman–Crippen LogP) is 4.33. The summed E-state index contributed by atoms with van der Waals surface area (Å²) in [7, 11) is 0. The number of hydrogen-bond donors (Lipinski definition) is 1. The number of nitrogens with one attached hydrogen (secondary N) is 1. The standard InChI is InChI=1S/C16H11IN2O2S/c17-11-6-8-12(9-7-11)18-16-19-15(20)14(22-16)5-1-3-13-4-2-10-21-13/h1-10H,(H,18,19,20)/b3-1+,14-5-. The zero-order valence-corrected chi connectivity index (χ0v) is 14.3. The van der Waals surface area contributed by atoms with Crippen LogP contribution in [0.2, 0.25) is 0 Å². The average Bonchev–Trinajstić information content (AvgIpc) is 3.12. The largest absolute Gasteiger partial charge is 0.465 e. The van der Waals surface area contributed by atoms with Crippen molar-refractivity contribution in [1.82, 2.24) is 5.32 Å². The van der Waals surface area contributed by atoms with Gasteiger partial charge in [0.05, 0.1) is 16.9 Å². The van der Waals surface area contributed by atoms with Crippen LogP contribution in [0.5, 0.6) is 0 Å². The Morgan fingerprint density at radius 3 is 2.77 bits per heavy atom. The third kappa shape index (κ3) is 3.89. The third-order valence-electron chi connectivity index (χ3n) is 2.76. The van der Waals surface area contributed by atoms with Gasteiger partial charge in [0.2, 0.25) is 0 Å². The van der Waals surface area contributed by atoms with Gasteiger partial charge in [0.1, 0.15) is 5.76 Å². The van der Waals surface area contributed by atoms with Gasteiger partial charge in [0.15, 0.2) is 5.17 Å². The molecule has 1 aliphatic rings. The van der Waals surface area contributed by atoms with Crippen molar-refractivity contribution in [2.75, 3.05) is 0 Å². The molecule has 0 radical (unpaired) electrons. The number of thioether (sulfide) groups is 1. The second kappa shape index (κ2) is 6.97. The van der Waals surface area contributed by atoms with Crippen molar-refractivity contribution in [1.29, 1.82) is 0 Å². The third-order valence-corrected chi connectivity index (χ3v) is 4.41. The number of aliphatic imine (C=N–C) groups is 1. The van der Waals surface area contributed by atoms with Gasteiger partial charge in [-0.1, -0.05) is 6.08 Å². The van der Waals surface area contributed by atoms with E-state index in [9.17, 15) is 4.79 Å². The number of hydrogen-bond acceptors (Lipinski definition) is 4. The molecule has 1 aromatic heterocycles. The summed E-state index contributed by atoms with van der Waals surface area (Å²) in [6.45, 7) is 0. The number of halogens is 1. The molecule has 6 heteroatoms. The molecule has 0 aliphatic carbocycles. The van der Waals surface area contributed by atoms with Crippen LogP contribution < -0.4 is 5.32 Å². The second-order valence-electron chi connectivity index (χ2n) is 4.36. The summed E-state index contributed by atoms with van der Waals surface area (Å²) >= 11 is 3.56. The van der Waals surface area contributed by atoms with Crippen LogP contribution >= 0.6 is 34.4 Å². The van der Waals surface area contributed by atoms with Crippen molar-refractivity contribution in [3.05, 3.63) is 69.0 Å². The molecular weight excluding hydrogens is 411 g/mol. The zero-order valence-electron chi connectivity index (χ0n) is 11.3. The molecule has 22 heavy (non-hydrogen) atoms. The fraction of sp³-hybridized carbons (Fsp3) is 0. The summed E-state index contributed by atoms with van der Waals surface area (Å²) in [5, 5.41) is 3.34. The van der Waals surface area contributed by atoms with E-state index in [-0.39, 0.29) is 5.91 Å². The molecule has 1 N–H and O–H groups in total. The van der Waals surface area contributed by atoms with Gasteiger partial charge in [-0.25, -0.2) is 4.99 Å². The summed E-state index contributed by atoms with van der Waals surface area (Å²) in [5.41, 5.74) is 0.815. The number of carbonyl (C=O) groups is 1. The van der Waals surface area contributed by atoms with E-state index in [1.165, 1.54) is 11.8 Å². The molecule has 1 saturated heterocycles. The summed E-state index contributed by atoms with van der Waals surface area (Å²) in [6.07, 6.45) is 6.94. The van der Waals surface area contributed by atoms with Crippen LogP contribution in [-0.2, 0) is 4.79 Å². The Morgan fingerprint density at radius 1 is 1.23 bits per heavy atom. The van der Waals surface area contributed by atoms with Gasteiger partial charge >= 0.3 is 0 Å². The van der Waals surface area contributed by atoms with Crippen molar-refractivity contribution in [2.45, 2.75) is 0 Å². The van der Waals surface area contributed by atoms with E-state index in [1.807, 2.05) is 36.4 Å². The Labute approximate surface area is 145 Å². The maximum Gasteiger partial charge on any atom is 0.264 e. The Hall–Kier alpha value is -1.80. The van der Waals surface area contributed by atoms with Crippen LogP contribution in [0.3, 0.4) is 0 Å². The molecule has 0 atom stereocenters. The number of allylic oxidation sites excluding steroid dienone is 2. The fourth-order valence-electron chi connectivity index (χ4n) is 1.74. The van der Waals surface area contributed by atoms with Crippen LogP contribution in [0.1, 0.15) is 5.76 Å². The molecule has 110 valence electrons. The monoisotopic (exact) mass is 422 g/mol. The van der Waals surface area contributed by atoms with Gasteiger partial charge in [-0.3, -0.25) is 4.79 Å². The number of nitrogens with zero attached hydrogens (tertiary/aromatic N) is 1. The first kappa shape index (κ1) is 15.1. The van der Waals surface area contributed by atoms with E-state index in [0.717, 1.165) is 15.0 Å². The minimum Gasteiger partial charge on any atom is -0.465 e. The highest BCUT2D eigenvalue weighted by molar-refractivity contribution is 14.1. The molecule has 0 bridgehead atoms. The average molecular weight is 422 g/mol. The predicted molar refractivity (Wildman–Crippen MR) is 97.8 cm³/mol. The van der Waals surface area contributed by atoms with Crippen molar-refractivity contribution >= 4 is 57.2 Å². The van der Waals surface area contributed by atoms with Crippen LogP contribution in [0.15, 0.2) is 69.1 Å². The Morgan fingerprint density at radius 2 is 2.05 bits per heavy atom. The maximum absolute atomic E-state index is 11.9. The number of furan rings is 1. The van der Waals surface area contributed by atoms with Crippen molar-refractivity contribution in [3.63, 3.8) is 0 Å². The number of benzene rings is 1. The summed E-state index contributed by atoms with van der Waals surface area (Å²) in [6, 6.07) is 11.4. The molecule has 0 spiro atoms. The van der Waals surface area contributed by atoms with E-state index in [1.54, 1.807) is 24.5 Å². The normalized spacial score (nSPS) is 18.5. The first-order chi connectivity index (χ1) is 10.7. The van der Waals surface area contributed by atoms with Gasteiger partial charge in [0.25, 0.3) is 5.91 Å². The summed E-state index contributed by atoms with van der Waals surface area (Å²) in [5.74, 6) is 0.603. The lowest BCUT2D eigenvalue weighted by molar-refractivity contribution is -0.115. The Balaban J connectivity index is 1.71. The lowest BCUT2D eigenvalue weighted by atomic mass is 10.3. The quantitative estimate of drug-likeness (QED) is 0.592. The van der Waals surface area contributed by atoms with Gasteiger partial charge in [0, 0.05) is 3.57 Å². The topological polar surface area (TPSA) is 54.6 Å². The molecule has 1 aromatic carbocycles. The van der Waals surface area contributed by atoms with E-state index >= 15 is 0 Å². The molecule has 1 aliphatic heterocycles. The molecule has 2 heterocycles. The SMILES string of the molecule is O=C1NC(=Nc2ccc(I)cc2)S/C1=C\C=C\c1ccco1. The second-order valence-corrected chi connectivity index (χ2v) is 6.63. The van der Waals surface area contributed by atoms with Crippen molar-refractivity contribution in [3.8, 4) is 0 Å². The van der Waals surface area contributed by atoms with Crippen molar-refractivity contribution in [2.24, 2.45) is 4.99 Å². The highest BCUT2D eigenvalue weighted by Gasteiger charge is 2.22. The lowest BCUT2D eigenvalue weighted by Gasteiger charge is -1.96. The highest BCUT2D eigenvalue weighted by atomic mass is 127. The van der Waals surface area contributed by atoms with Crippen LogP contribution in [-0.4, -0.2) is 11.1 Å². The smallest absolute Gasteiger partial charge is 0.264 e. The Kier molecular flexibility index (Phi) is 4.79. The zero-order chi connectivity index (χ0) is 15.4. The first-order valence-corrected chi connectivity index (χ1v) is 8.35. The highest BCUT2D eigenvalue weighted by Crippen LogP contribution is 2.26. The molecule has 1 fully saturated rings. The number of amides is 1. The molecule has 4 nitrogen and oxygen atoms in total. The maximum atomic E-state index is 11.9. The number of amidine groups is 1. The molecule has 2 aromatic rings. The lowest BCUT2D eigenvalue weighted by Crippen LogP contribution is -2.19. The Bertz CT molecular complexity index is 762. The first-order valence-electron chi connectivity index (χ1n) is 6.46. The summed E-state index contributed by atoms with van der Waals surface area (Å²) in [4.78, 5) is 16.9. The van der Waals surface area contributed by atoms with E-state index < -0.39 is 0 Å². The van der Waals surface area contributed by atoms with Crippen LogP contribution in [0, 0.1) is 3.57 Å². The van der Waals surface area contributed by atoms with E-state index in [4.69, 9.17) is 4.42 Å². The van der Waals surface area contributed by atoms with Gasteiger partial charge < -0.3 is 9.73 Å². The van der Waals surface area contributed by atoms with Gasteiger partial charge in [-0.05, 0) is 82.9 Å². The van der Waals surface area contributed by atoms with E-state index in [2.05, 4.69) is 32.9 Å². The van der Waals surface area contributed by atoms with E-state index in [0.29, 0.717) is 10.1 Å². The summed E-state index contributed by atoms with van der Waals surface area (Å²) < 4.78 is 6.33. The molecule has 3 rings (SSSR count). The fourth-order valence-corrected chi connectivity index (χ4v) is 2.90. The minimum absolute atomic E-state index is 0.140. The van der Waals surface area contributed by atoms with Crippen molar-refractivity contribution < 1.29 is 9.21 Å².